The summed E-state index contributed by atoms with van der Waals surface area (Å²) in [7, 11) is 0. The molecule has 4 N–H and O–H groups in total. The Morgan fingerprint density at radius 1 is 1.20 bits per heavy atom. The van der Waals surface area contributed by atoms with Gasteiger partial charge in [0.25, 0.3) is 0 Å². The van der Waals surface area contributed by atoms with Crippen LogP contribution in [0.15, 0.2) is 18.2 Å². The second-order valence-electron chi connectivity index (χ2n) is 3.60. The molecule has 1 aliphatic rings. The molecule has 1 heterocycles. The maximum Gasteiger partial charge on any atom is 0.161 e. The molecule has 4 heteroatoms. The number of fused-ring (bicyclic) bond motifs is 1. The normalized spacial score (nSPS) is 16.9. The summed E-state index contributed by atoms with van der Waals surface area (Å²) in [5.41, 5.74) is 12.3. The first-order valence-electron chi connectivity index (χ1n) is 5.16. The van der Waals surface area contributed by atoms with Crippen LogP contribution in [0, 0.1) is 0 Å². The maximum absolute atomic E-state index is 5.85. The first-order valence-corrected chi connectivity index (χ1v) is 5.16. The van der Waals surface area contributed by atoms with Crippen molar-refractivity contribution in [2.24, 2.45) is 11.5 Å². The van der Waals surface area contributed by atoms with Crippen molar-refractivity contribution in [3.63, 3.8) is 0 Å². The van der Waals surface area contributed by atoms with E-state index in [0.717, 1.165) is 23.5 Å². The van der Waals surface area contributed by atoms with E-state index in [4.69, 9.17) is 20.9 Å². The lowest BCUT2D eigenvalue weighted by molar-refractivity contribution is 0.297. The van der Waals surface area contributed by atoms with Crippen molar-refractivity contribution in [1.82, 2.24) is 0 Å². The minimum Gasteiger partial charge on any atom is -0.490 e. The highest BCUT2D eigenvalue weighted by Gasteiger charge is 2.12. The molecule has 1 aliphatic heterocycles. The van der Waals surface area contributed by atoms with Gasteiger partial charge in [-0.15, -0.1) is 0 Å². The highest BCUT2D eigenvalue weighted by atomic mass is 16.5. The standard InChI is InChI=1S/C11H16N2O2/c12-7-9(13)8-2-3-10-11(6-8)15-5-1-4-14-10/h2-3,6,9H,1,4-5,7,12-13H2/t9-/m0/s1. The Morgan fingerprint density at radius 3 is 2.67 bits per heavy atom. The van der Waals surface area contributed by atoms with Gasteiger partial charge in [-0.25, -0.2) is 0 Å². The molecule has 1 aromatic rings. The van der Waals surface area contributed by atoms with Gasteiger partial charge in [-0.3, -0.25) is 0 Å². The average Bonchev–Trinajstić information content (AvgIpc) is 2.51. The molecule has 82 valence electrons. The van der Waals surface area contributed by atoms with E-state index in [1.807, 2.05) is 18.2 Å². The van der Waals surface area contributed by atoms with E-state index in [2.05, 4.69) is 0 Å². The molecule has 0 spiro atoms. The summed E-state index contributed by atoms with van der Waals surface area (Å²) >= 11 is 0. The SMILES string of the molecule is NC[C@H](N)c1ccc2c(c1)OCCCO2. The number of rotatable bonds is 2. The predicted octanol–water partition coefficient (Wildman–Crippen LogP) is 0.806. The first-order chi connectivity index (χ1) is 7.31. The lowest BCUT2D eigenvalue weighted by Crippen LogP contribution is -2.20. The second-order valence-corrected chi connectivity index (χ2v) is 3.60. The van der Waals surface area contributed by atoms with Crippen molar-refractivity contribution in [2.45, 2.75) is 12.5 Å². The van der Waals surface area contributed by atoms with E-state index < -0.39 is 0 Å². The molecule has 1 atom stereocenters. The Bertz CT molecular complexity index is 341. The average molecular weight is 208 g/mol. The fourth-order valence-electron chi connectivity index (χ4n) is 1.55. The van der Waals surface area contributed by atoms with Gasteiger partial charge in [-0.05, 0) is 17.7 Å². The number of hydrogen-bond donors (Lipinski definition) is 2. The van der Waals surface area contributed by atoms with E-state index in [9.17, 15) is 0 Å². The van der Waals surface area contributed by atoms with Gasteiger partial charge in [0.05, 0.1) is 13.2 Å². The largest absolute Gasteiger partial charge is 0.490 e. The Hall–Kier alpha value is -1.26. The van der Waals surface area contributed by atoms with Crippen LogP contribution >= 0.6 is 0 Å². The van der Waals surface area contributed by atoms with E-state index in [1.54, 1.807) is 0 Å². The maximum atomic E-state index is 5.85. The number of benzene rings is 1. The van der Waals surface area contributed by atoms with Crippen molar-refractivity contribution >= 4 is 0 Å². The third-order valence-corrected chi connectivity index (χ3v) is 2.45. The van der Waals surface area contributed by atoms with Gasteiger partial charge in [0, 0.05) is 19.0 Å². The molecule has 0 amide bonds. The Balaban J connectivity index is 2.27. The molecule has 0 saturated carbocycles. The molecule has 0 bridgehead atoms. The van der Waals surface area contributed by atoms with Crippen molar-refractivity contribution in [3.05, 3.63) is 23.8 Å². The monoisotopic (exact) mass is 208 g/mol. The van der Waals surface area contributed by atoms with Crippen molar-refractivity contribution < 1.29 is 9.47 Å². The van der Waals surface area contributed by atoms with Crippen LogP contribution in [0.4, 0.5) is 0 Å². The molecular weight excluding hydrogens is 192 g/mol. The van der Waals surface area contributed by atoms with Gasteiger partial charge in [0.1, 0.15) is 0 Å². The van der Waals surface area contributed by atoms with Gasteiger partial charge < -0.3 is 20.9 Å². The van der Waals surface area contributed by atoms with Crippen LogP contribution < -0.4 is 20.9 Å². The zero-order valence-electron chi connectivity index (χ0n) is 8.61. The molecule has 0 aromatic heterocycles. The van der Waals surface area contributed by atoms with Crippen LogP contribution in [0.3, 0.4) is 0 Å². The van der Waals surface area contributed by atoms with E-state index in [0.29, 0.717) is 19.8 Å². The minimum atomic E-state index is -0.137. The second kappa shape index (κ2) is 4.51. The lowest BCUT2D eigenvalue weighted by atomic mass is 10.1. The van der Waals surface area contributed by atoms with E-state index in [1.165, 1.54) is 0 Å². The summed E-state index contributed by atoms with van der Waals surface area (Å²) in [6, 6.07) is 5.61. The summed E-state index contributed by atoms with van der Waals surface area (Å²) in [4.78, 5) is 0. The first kappa shape index (κ1) is 10.3. The predicted molar refractivity (Wildman–Crippen MR) is 58.0 cm³/mol. The molecule has 0 radical (unpaired) electrons. The van der Waals surface area contributed by atoms with Crippen molar-refractivity contribution in [3.8, 4) is 11.5 Å². The third kappa shape index (κ3) is 2.22. The van der Waals surface area contributed by atoms with Crippen molar-refractivity contribution in [1.29, 1.82) is 0 Å². The van der Waals surface area contributed by atoms with Crippen molar-refractivity contribution in [2.75, 3.05) is 19.8 Å². The fraction of sp³-hybridized carbons (Fsp3) is 0.455. The summed E-state index contributed by atoms with van der Waals surface area (Å²) in [6.45, 7) is 1.82. The third-order valence-electron chi connectivity index (χ3n) is 2.45. The Morgan fingerprint density at radius 2 is 1.93 bits per heavy atom. The molecular formula is C11H16N2O2. The van der Waals surface area contributed by atoms with E-state index in [-0.39, 0.29) is 6.04 Å². The Kier molecular flexibility index (Phi) is 3.08. The van der Waals surface area contributed by atoms with Crippen LogP contribution in [0.5, 0.6) is 11.5 Å². The number of nitrogens with two attached hydrogens (primary N) is 2. The molecule has 2 rings (SSSR count). The summed E-state index contributed by atoms with van der Waals surface area (Å²) < 4.78 is 11.1. The quantitative estimate of drug-likeness (QED) is 0.754. The molecule has 1 aromatic carbocycles. The van der Waals surface area contributed by atoms with Crippen LogP contribution in [-0.2, 0) is 0 Å². The van der Waals surface area contributed by atoms with Crippen LogP contribution in [0.1, 0.15) is 18.0 Å². The van der Waals surface area contributed by atoms with Gasteiger partial charge in [0.15, 0.2) is 11.5 Å². The topological polar surface area (TPSA) is 70.5 Å². The number of ether oxygens (including phenoxy) is 2. The van der Waals surface area contributed by atoms with Gasteiger partial charge in [-0.1, -0.05) is 6.07 Å². The number of hydrogen-bond acceptors (Lipinski definition) is 4. The van der Waals surface area contributed by atoms with Crippen LogP contribution in [0.25, 0.3) is 0 Å². The fourth-order valence-corrected chi connectivity index (χ4v) is 1.55. The van der Waals surface area contributed by atoms with Gasteiger partial charge in [-0.2, -0.15) is 0 Å². The lowest BCUT2D eigenvalue weighted by Gasteiger charge is -2.12. The zero-order valence-corrected chi connectivity index (χ0v) is 8.61. The van der Waals surface area contributed by atoms with Crippen LogP contribution in [-0.4, -0.2) is 19.8 Å². The molecule has 4 nitrogen and oxygen atoms in total. The van der Waals surface area contributed by atoms with Gasteiger partial charge >= 0.3 is 0 Å². The molecule has 0 aliphatic carbocycles. The van der Waals surface area contributed by atoms with Crippen LogP contribution in [0.2, 0.25) is 0 Å². The molecule has 0 fully saturated rings. The Labute approximate surface area is 89.2 Å². The van der Waals surface area contributed by atoms with Gasteiger partial charge in [0.2, 0.25) is 0 Å². The summed E-state index contributed by atoms with van der Waals surface area (Å²) in [6.07, 6.45) is 0.910. The highest BCUT2D eigenvalue weighted by molar-refractivity contribution is 5.44. The summed E-state index contributed by atoms with van der Waals surface area (Å²) in [5.74, 6) is 1.56. The summed E-state index contributed by atoms with van der Waals surface area (Å²) in [5, 5.41) is 0. The molecule has 15 heavy (non-hydrogen) atoms. The van der Waals surface area contributed by atoms with E-state index >= 15 is 0 Å². The smallest absolute Gasteiger partial charge is 0.161 e. The molecule has 0 saturated heterocycles. The highest BCUT2D eigenvalue weighted by Crippen LogP contribution is 2.31. The zero-order chi connectivity index (χ0) is 10.7. The minimum absolute atomic E-state index is 0.137. The molecule has 0 unspecified atom stereocenters.